The highest BCUT2D eigenvalue weighted by Gasteiger charge is 2.09. The van der Waals surface area contributed by atoms with E-state index in [1.54, 1.807) is 0 Å². The molecule has 0 aliphatic heterocycles. The molecule has 0 aliphatic carbocycles. The number of hydrogen-bond donors (Lipinski definition) is 1. The Kier molecular flexibility index (Phi) is 4.72. The molecule has 0 aromatic heterocycles. The summed E-state index contributed by atoms with van der Waals surface area (Å²) in [5, 5.41) is 3.16. The zero-order valence-electron chi connectivity index (χ0n) is 12.6. The van der Waals surface area contributed by atoms with Crippen molar-refractivity contribution in [2.45, 2.75) is 13.8 Å². The second kappa shape index (κ2) is 6.71. The third-order valence-corrected chi connectivity index (χ3v) is 3.05. The van der Waals surface area contributed by atoms with E-state index < -0.39 is 0 Å². The number of allylic oxidation sites excluding steroid dienone is 2. The number of benzene rings is 2. The summed E-state index contributed by atoms with van der Waals surface area (Å²) in [6, 6.07) is 18.1. The highest BCUT2D eigenvalue weighted by Crippen LogP contribution is 2.20. The predicted molar refractivity (Wildman–Crippen MR) is 90.9 cm³/mol. The first-order valence-corrected chi connectivity index (χ1v) is 6.89. The van der Waals surface area contributed by atoms with Gasteiger partial charge in [-0.3, -0.25) is 0 Å². The van der Waals surface area contributed by atoms with Crippen molar-refractivity contribution < 1.29 is 0 Å². The largest absolute Gasteiger partial charge is 0.358 e. The summed E-state index contributed by atoms with van der Waals surface area (Å²) in [7, 11) is 0. The molecule has 0 unspecified atom stereocenters. The second-order valence-electron chi connectivity index (χ2n) is 5.00. The highest BCUT2D eigenvalue weighted by atomic mass is 14.9. The van der Waals surface area contributed by atoms with Crippen molar-refractivity contribution in [2.24, 2.45) is 4.99 Å². The maximum atomic E-state index is 4.79. The van der Waals surface area contributed by atoms with Crippen molar-refractivity contribution in [3.63, 3.8) is 0 Å². The Balaban J connectivity index is 2.48. The standard InChI is InChI=1S/C19H20N2/c1-14(2)20-16(4)19(17-11-6-5-7-12-17)21-18-13-9-8-10-15(18)3/h5-13,20H,1,4H2,2-3H3. The summed E-state index contributed by atoms with van der Waals surface area (Å²) >= 11 is 0. The zero-order valence-corrected chi connectivity index (χ0v) is 12.6. The van der Waals surface area contributed by atoms with E-state index in [2.05, 4.69) is 31.5 Å². The highest BCUT2D eigenvalue weighted by molar-refractivity contribution is 6.13. The van der Waals surface area contributed by atoms with Gasteiger partial charge in [0, 0.05) is 11.3 Å². The van der Waals surface area contributed by atoms with Crippen molar-refractivity contribution in [3.05, 3.63) is 90.3 Å². The second-order valence-corrected chi connectivity index (χ2v) is 5.00. The molecule has 2 aromatic rings. The molecule has 0 amide bonds. The lowest BCUT2D eigenvalue weighted by Gasteiger charge is -2.13. The normalized spacial score (nSPS) is 11.0. The lowest BCUT2D eigenvalue weighted by atomic mass is 10.1. The molecular formula is C19H20N2. The summed E-state index contributed by atoms with van der Waals surface area (Å²) in [5.41, 5.74) is 5.52. The van der Waals surface area contributed by atoms with E-state index in [1.165, 1.54) is 0 Å². The molecule has 106 valence electrons. The summed E-state index contributed by atoms with van der Waals surface area (Å²) < 4.78 is 0. The smallest absolute Gasteiger partial charge is 0.0937 e. The van der Waals surface area contributed by atoms with Gasteiger partial charge in [0.2, 0.25) is 0 Å². The van der Waals surface area contributed by atoms with E-state index in [0.29, 0.717) is 0 Å². The zero-order chi connectivity index (χ0) is 15.2. The first kappa shape index (κ1) is 14.8. The molecule has 2 aromatic carbocycles. The Hall–Kier alpha value is -2.61. The third-order valence-electron chi connectivity index (χ3n) is 3.05. The summed E-state index contributed by atoms with van der Waals surface area (Å²) in [4.78, 5) is 4.79. The van der Waals surface area contributed by atoms with E-state index in [-0.39, 0.29) is 0 Å². The van der Waals surface area contributed by atoms with Gasteiger partial charge in [0.25, 0.3) is 0 Å². The molecule has 0 bridgehead atoms. The Morgan fingerprint density at radius 2 is 1.57 bits per heavy atom. The van der Waals surface area contributed by atoms with E-state index in [1.807, 2.05) is 55.5 Å². The van der Waals surface area contributed by atoms with Crippen LogP contribution in [0.5, 0.6) is 0 Å². The lowest BCUT2D eigenvalue weighted by Crippen LogP contribution is -2.18. The molecule has 2 nitrogen and oxygen atoms in total. The monoisotopic (exact) mass is 276 g/mol. The van der Waals surface area contributed by atoms with Crippen LogP contribution in [0.15, 0.2) is 84.1 Å². The van der Waals surface area contributed by atoms with Crippen LogP contribution in [0.2, 0.25) is 0 Å². The summed E-state index contributed by atoms with van der Waals surface area (Å²) in [6.45, 7) is 11.9. The van der Waals surface area contributed by atoms with Gasteiger partial charge in [0.1, 0.15) is 0 Å². The van der Waals surface area contributed by atoms with Gasteiger partial charge in [-0.05, 0) is 25.5 Å². The van der Waals surface area contributed by atoms with Crippen molar-refractivity contribution in [1.82, 2.24) is 5.32 Å². The molecule has 2 rings (SSSR count). The molecular weight excluding hydrogens is 256 g/mol. The molecule has 21 heavy (non-hydrogen) atoms. The van der Waals surface area contributed by atoms with Crippen molar-refractivity contribution in [2.75, 3.05) is 0 Å². The molecule has 0 aliphatic rings. The number of aryl methyl sites for hydroxylation is 1. The number of aliphatic imine (C=N–C) groups is 1. The minimum atomic E-state index is 0.747. The minimum Gasteiger partial charge on any atom is -0.358 e. The van der Waals surface area contributed by atoms with Crippen LogP contribution in [-0.4, -0.2) is 5.71 Å². The van der Waals surface area contributed by atoms with Crippen LogP contribution >= 0.6 is 0 Å². The van der Waals surface area contributed by atoms with E-state index in [9.17, 15) is 0 Å². The van der Waals surface area contributed by atoms with Crippen molar-refractivity contribution >= 4 is 11.4 Å². The first-order valence-electron chi connectivity index (χ1n) is 6.89. The molecule has 0 fully saturated rings. The Morgan fingerprint density at radius 3 is 2.19 bits per heavy atom. The fourth-order valence-corrected chi connectivity index (χ4v) is 2.03. The van der Waals surface area contributed by atoms with Gasteiger partial charge in [-0.2, -0.15) is 0 Å². The number of para-hydroxylation sites is 1. The van der Waals surface area contributed by atoms with Crippen LogP contribution in [0.25, 0.3) is 0 Å². The number of rotatable bonds is 5. The SMILES string of the molecule is C=C(C)NC(=C)C(=Nc1ccccc1C)c1ccccc1. The van der Waals surface area contributed by atoms with Crippen LogP contribution in [0.4, 0.5) is 5.69 Å². The van der Waals surface area contributed by atoms with Gasteiger partial charge in [0.05, 0.1) is 17.1 Å². The molecule has 0 saturated carbocycles. The van der Waals surface area contributed by atoms with Crippen LogP contribution in [0.3, 0.4) is 0 Å². The Bertz CT molecular complexity index is 682. The topological polar surface area (TPSA) is 24.4 Å². The van der Waals surface area contributed by atoms with Gasteiger partial charge >= 0.3 is 0 Å². The lowest BCUT2D eigenvalue weighted by molar-refractivity contribution is 1.03. The molecule has 1 N–H and O–H groups in total. The molecule has 0 spiro atoms. The number of nitrogens with one attached hydrogen (secondary N) is 1. The first-order chi connectivity index (χ1) is 10.1. The van der Waals surface area contributed by atoms with Gasteiger partial charge < -0.3 is 5.32 Å². The molecule has 2 heteroatoms. The molecule has 0 heterocycles. The predicted octanol–water partition coefficient (Wildman–Crippen LogP) is 4.75. The maximum Gasteiger partial charge on any atom is 0.0937 e. The van der Waals surface area contributed by atoms with E-state index >= 15 is 0 Å². The molecule has 0 radical (unpaired) electrons. The summed E-state index contributed by atoms with van der Waals surface area (Å²) in [6.07, 6.45) is 0. The van der Waals surface area contributed by atoms with Crippen LogP contribution in [0.1, 0.15) is 18.1 Å². The Labute approximate surface area is 126 Å². The Morgan fingerprint density at radius 1 is 0.952 bits per heavy atom. The fourth-order valence-electron chi connectivity index (χ4n) is 2.03. The van der Waals surface area contributed by atoms with Gasteiger partial charge in [0.15, 0.2) is 0 Å². The van der Waals surface area contributed by atoms with Crippen LogP contribution in [-0.2, 0) is 0 Å². The molecule has 0 saturated heterocycles. The fraction of sp³-hybridized carbons (Fsp3) is 0.105. The van der Waals surface area contributed by atoms with Crippen molar-refractivity contribution in [3.8, 4) is 0 Å². The van der Waals surface area contributed by atoms with Crippen LogP contribution < -0.4 is 5.32 Å². The minimum absolute atomic E-state index is 0.747. The van der Waals surface area contributed by atoms with E-state index in [0.717, 1.165) is 33.9 Å². The van der Waals surface area contributed by atoms with Crippen LogP contribution in [0, 0.1) is 6.92 Å². The van der Waals surface area contributed by atoms with Gasteiger partial charge in [-0.15, -0.1) is 0 Å². The maximum absolute atomic E-state index is 4.79. The van der Waals surface area contributed by atoms with Gasteiger partial charge in [-0.25, -0.2) is 4.99 Å². The summed E-state index contributed by atoms with van der Waals surface area (Å²) in [5.74, 6) is 0. The number of hydrogen-bond acceptors (Lipinski definition) is 2. The van der Waals surface area contributed by atoms with Gasteiger partial charge in [-0.1, -0.05) is 61.7 Å². The quantitative estimate of drug-likeness (QED) is 0.783. The molecule has 0 atom stereocenters. The number of nitrogens with zero attached hydrogens (tertiary/aromatic N) is 1. The average Bonchev–Trinajstić information content (AvgIpc) is 2.46. The average molecular weight is 276 g/mol. The van der Waals surface area contributed by atoms with E-state index in [4.69, 9.17) is 4.99 Å². The third kappa shape index (κ3) is 3.93. The van der Waals surface area contributed by atoms with Crippen molar-refractivity contribution in [1.29, 1.82) is 0 Å².